The lowest BCUT2D eigenvalue weighted by molar-refractivity contribution is 0.379. The van der Waals surface area contributed by atoms with Crippen molar-refractivity contribution in [3.05, 3.63) is 36.4 Å². The summed E-state index contributed by atoms with van der Waals surface area (Å²) in [5, 5.41) is 8.22. The highest BCUT2D eigenvalue weighted by Gasteiger charge is 2.26. The predicted molar refractivity (Wildman–Crippen MR) is 70.3 cm³/mol. The molecule has 1 unspecified atom stereocenters. The van der Waals surface area contributed by atoms with Crippen molar-refractivity contribution in [2.45, 2.75) is 25.8 Å². The van der Waals surface area contributed by atoms with Crippen LogP contribution in [0.4, 0.5) is 0 Å². The Hall–Kier alpha value is -2.21. The molecular weight excluding hydrogens is 242 g/mol. The van der Waals surface area contributed by atoms with Gasteiger partial charge in [-0.2, -0.15) is 10.1 Å². The predicted octanol–water partition coefficient (Wildman–Crippen LogP) is 1.97. The van der Waals surface area contributed by atoms with Gasteiger partial charge in [0.05, 0.1) is 22.8 Å². The van der Waals surface area contributed by atoms with Crippen molar-refractivity contribution in [3.8, 4) is 11.5 Å². The monoisotopic (exact) mass is 257 g/mol. The molecule has 0 aliphatic heterocycles. The maximum Gasteiger partial charge on any atom is 0.261 e. The third-order valence-electron chi connectivity index (χ3n) is 3.33. The van der Waals surface area contributed by atoms with Crippen molar-refractivity contribution in [1.29, 1.82) is 0 Å². The molecule has 0 radical (unpaired) electrons. The lowest BCUT2D eigenvalue weighted by Gasteiger charge is -2.16. The smallest absolute Gasteiger partial charge is 0.261 e. The first-order valence-corrected chi connectivity index (χ1v) is 6.17. The average molecular weight is 257 g/mol. The Kier molecular flexibility index (Phi) is 2.60. The van der Waals surface area contributed by atoms with Crippen molar-refractivity contribution in [2.75, 3.05) is 0 Å². The average Bonchev–Trinajstić information content (AvgIpc) is 3.05. The number of rotatable bonds is 3. The summed E-state index contributed by atoms with van der Waals surface area (Å²) < 4.78 is 7.08. The maximum absolute atomic E-state index is 6.11. The summed E-state index contributed by atoms with van der Waals surface area (Å²) in [7, 11) is 0. The highest BCUT2D eigenvalue weighted by Crippen LogP contribution is 2.25. The highest BCUT2D eigenvalue weighted by molar-refractivity contribution is 5.74. The van der Waals surface area contributed by atoms with Crippen LogP contribution in [0.25, 0.3) is 17.0 Å². The molecule has 0 aromatic carbocycles. The standard InChI is InChI=1S/C13H15N5O/c1-3-13(2,14)12-16-11(19-17-12)9-8-15-18-7-5-4-6-10(9)18/h4-8H,3,14H2,1-2H3. The molecule has 0 spiro atoms. The Morgan fingerprint density at radius 1 is 1.42 bits per heavy atom. The number of hydrogen-bond donors (Lipinski definition) is 1. The maximum atomic E-state index is 6.11. The van der Waals surface area contributed by atoms with E-state index in [1.54, 1.807) is 10.7 Å². The van der Waals surface area contributed by atoms with Gasteiger partial charge < -0.3 is 10.3 Å². The minimum Gasteiger partial charge on any atom is -0.334 e. The molecule has 1 atom stereocenters. The molecule has 3 heterocycles. The van der Waals surface area contributed by atoms with E-state index in [9.17, 15) is 0 Å². The first-order chi connectivity index (χ1) is 9.12. The summed E-state index contributed by atoms with van der Waals surface area (Å²) >= 11 is 0. The molecule has 2 N–H and O–H groups in total. The second kappa shape index (κ2) is 4.17. The van der Waals surface area contributed by atoms with Gasteiger partial charge >= 0.3 is 0 Å². The molecule has 3 aromatic rings. The highest BCUT2D eigenvalue weighted by atomic mass is 16.5. The molecule has 0 saturated carbocycles. The van der Waals surface area contributed by atoms with Gasteiger partial charge in [0.25, 0.3) is 5.89 Å². The molecule has 6 nitrogen and oxygen atoms in total. The third kappa shape index (κ3) is 1.90. The zero-order chi connectivity index (χ0) is 13.5. The topological polar surface area (TPSA) is 82.2 Å². The first-order valence-electron chi connectivity index (χ1n) is 6.17. The van der Waals surface area contributed by atoms with E-state index < -0.39 is 5.54 Å². The summed E-state index contributed by atoms with van der Waals surface area (Å²) in [4.78, 5) is 4.39. The first kappa shape index (κ1) is 11.9. The van der Waals surface area contributed by atoms with Crippen molar-refractivity contribution in [1.82, 2.24) is 19.8 Å². The van der Waals surface area contributed by atoms with Gasteiger partial charge in [0, 0.05) is 6.20 Å². The van der Waals surface area contributed by atoms with E-state index in [1.165, 1.54) is 0 Å². The van der Waals surface area contributed by atoms with Crippen LogP contribution < -0.4 is 5.73 Å². The van der Waals surface area contributed by atoms with Gasteiger partial charge in [-0.3, -0.25) is 0 Å². The Morgan fingerprint density at radius 2 is 2.26 bits per heavy atom. The molecule has 0 bridgehead atoms. The van der Waals surface area contributed by atoms with E-state index in [2.05, 4.69) is 15.2 Å². The van der Waals surface area contributed by atoms with Crippen LogP contribution in [0.3, 0.4) is 0 Å². The molecule has 0 aliphatic rings. The molecule has 0 aliphatic carbocycles. The zero-order valence-corrected chi connectivity index (χ0v) is 10.9. The van der Waals surface area contributed by atoms with Gasteiger partial charge in [-0.05, 0) is 25.5 Å². The lowest BCUT2D eigenvalue weighted by Crippen LogP contribution is -2.33. The summed E-state index contributed by atoms with van der Waals surface area (Å²) in [6.07, 6.45) is 4.32. The molecule has 0 amide bonds. The second-order valence-corrected chi connectivity index (χ2v) is 4.78. The van der Waals surface area contributed by atoms with Crippen molar-refractivity contribution >= 4 is 5.52 Å². The Bertz CT molecular complexity index is 712. The molecule has 3 rings (SSSR count). The third-order valence-corrected chi connectivity index (χ3v) is 3.33. The van der Waals surface area contributed by atoms with Gasteiger partial charge in [-0.1, -0.05) is 18.1 Å². The van der Waals surface area contributed by atoms with Crippen LogP contribution in [0.2, 0.25) is 0 Å². The van der Waals surface area contributed by atoms with Crippen LogP contribution in [0, 0.1) is 0 Å². The Labute approximate surface area is 110 Å². The number of nitrogens with zero attached hydrogens (tertiary/aromatic N) is 4. The summed E-state index contributed by atoms with van der Waals surface area (Å²) in [6, 6.07) is 5.81. The quantitative estimate of drug-likeness (QED) is 0.775. The zero-order valence-electron chi connectivity index (χ0n) is 10.9. The minimum atomic E-state index is -0.579. The molecule has 3 aromatic heterocycles. The van der Waals surface area contributed by atoms with E-state index in [1.807, 2.05) is 38.2 Å². The van der Waals surface area contributed by atoms with Gasteiger partial charge in [-0.15, -0.1) is 0 Å². The molecule has 98 valence electrons. The van der Waals surface area contributed by atoms with E-state index in [0.29, 0.717) is 11.7 Å². The van der Waals surface area contributed by atoms with E-state index in [0.717, 1.165) is 17.5 Å². The molecule has 6 heteroatoms. The van der Waals surface area contributed by atoms with Crippen molar-refractivity contribution < 1.29 is 4.52 Å². The van der Waals surface area contributed by atoms with Gasteiger partial charge in [0.2, 0.25) is 0 Å². The normalized spacial score (nSPS) is 14.7. The number of hydrogen-bond acceptors (Lipinski definition) is 5. The van der Waals surface area contributed by atoms with Gasteiger partial charge in [0.1, 0.15) is 0 Å². The van der Waals surface area contributed by atoms with Gasteiger partial charge in [-0.25, -0.2) is 4.52 Å². The fourth-order valence-electron chi connectivity index (χ4n) is 1.82. The fraction of sp³-hybridized carbons (Fsp3) is 0.308. The van der Waals surface area contributed by atoms with E-state index in [-0.39, 0.29) is 0 Å². The Balaban J connectivity index is 2.08. The van der Waals surface area contributed by atoms with Crippen LogP contribution in [-0.2, 0) is 5.54 Å². The van der Waals surface area contributed by atoms with Crippen LogP contribution in [0.1, 0.15) is 26.1 Å². The summed E-state index contributed by atoms with van der Waals surface area (Å²) in [6.45, 7) is 3.88. The van der Waals surface area contributed by atoms with E-state index >= 15 is 0 Å². The van der Waals surface area contributed by atoms with Crippen molar-refractivity contribution in [2.24, 2.45) is 5.73 Å². The second-order valence-electron chi connectivity index (χ2n) is 4.78. The molecule has 19 heavy (non-hydrogen) atoms. The van der Waals surface area contributed by atoms with Crippen LogP contribution >= 0.6 is 0 Å². The number of nitrogens with two attached hydrogens (primary N) is 1. The van der Waals surface area contributed by atoms with Crippen LogP contribution in [-0.4, -0.2) is 19.8 Å². The number of aromatic nitrogens is 4. The SMILES string of the molecule is CCC(C)(N)c1noc(-c2cnn3ccccc23)n1. The van der Waals surface area contributed by atoms with Gasteiger partial charge in [0.15, 0.2) is 5.82 Å². The minimum absolute atomic E-state index is 0.446. The molecular formula is C13H15N5O. The van der Waals surface area contributed by atoms with Crippen molar-refractivity contribution in [3.63, 3.8) is 0 Å². The lowest BCUT2D eigenvalue weighted by atomic mass is 10.0. The number of fused-ring (bicyclic) bond motifs is 1. The fourth-order valence-corrected chi connectivity index (χ4v) is 1.82. The summed E-state index contributed by atoms with van der Waals surface area (Å²) in [5.41, 5.74) is 7.27. The Morgan fingerprint density at radius 3 is 3.05 bits per heavy atom. The van der Waals surface area contributed by atoms with Crippen LogP contribution in [0.15, 0.2) is 35.1 Å². The van der Waals surface area contributed by atoms with E-state index in [4.69, 9.17) is 10.3 Å². The van der Waals surface area contributed by atoms with Crippen LogP contribution in [0.5, 0.6) is 0 Å². The molecule has 0 saturated heterocycles. The number of pyridine rings is 1. The molecule has 0 fully saturated rings. The summed E-state index contributed by atoms with van der Waals surface area (Å²) in [5.74, 6) is 0.960. The largest absolute Gasteiger partial charge is 0.334 e.